The van der Waals surface area contributed by atoms with Crippen LogP contribution in [0.1, 0.15) is 23.2 Å². The van der Waals surface area contributed by atoms with E-state index < -0.39 is 23.6 Å². The van der Waals surface area contributed by atoms with Gasteiger partial charge in [0.1, 0.15) is 11.3 Å². The second-order valence-electron chi connectivity index (χ2n) is 4.83. The average Bonchev–Trinajstić information content (AvgIpc) is 2.47. The molecule has 2 rings (SSSR count). The first-order valence-corrected chi connectivity index (χ1v) is 6.51. The fourth-order valence-corrected chi connectivity index (χ4v) is 2.08. The molecule has 1 aromatic carbocycles. The fourth-order valence-electron chi connectivity index (χ4n) is 2.08. The Kier molecular flexibility index (Phi) is 4.56. The Morgan fingerprint density at radius 2 is 1.86 bits per heavy atom. The van der Waals surface area contributed by atoms with E-state index in [1.54, 1.807) is 0 Å². The van der Waals surface area contributed by atoms with Gasteiger partial charge in [-0.05, 0) is 24.3 Å². The summed E-state index contributed by atoms with van der Waals surface area (Å²) in [6, 6.07) is 6.59. The highest BCUT2D eigenvalue weighted by Crippen LogP contribution is 2.24. The molecule has 1 aliphatic heterocycles. The first-order chi connectivity index (χ1) is 10.3. The molecule has 1 heterocycles. The molecular weight excluding hydrogens is 301 g/mol. The van der Waals surface area contributed by atoms with Crippen molar-refractivity contribution in [2.75, 3.05) is 13.2 Å². The van der Waals surface area contributed by atoms with Gasteiger partial charge in [0.15, 0.2) is 0 Å². The Morgan fingerprint density at radius 1 is 1.27 bits per heavy atom. The zero-order valence-corrected chi connectivity index (χ0v) is 11.4. The van der Waals surface area contributed by atoms with Crippen LogP contribution in [0.2, 0.25) is 0 Å². The van der Waals surface area contributed by atoms with E-state index in [1.165, 1.54) is 12.1 Å². The summed E-state index contributed by atoms with van der Waals surface area (Å²) in [4.78, 5) is 12.1. The van der Waals surface area contributed by atoms with Crippen LogP contribution in [-0.2, 0) is 4.74 Å². The van der Waals surface area contributed by atoms with Gasteiger partial charge in [0, 0.05) is 31.6 Å². The maximum atomic E-state index is 12.1. The van der Waals surface area contributed by atoms with Crippen molar-refractivity contribution in [3.8, 4) is 11.8 Å². The Hall–Kier alpha value is -2.27. The van der Waals surface area contributed by atoms with Crippen LogP contribution >= 0.6 is 0 Å². The van der Waals surface area contributed by atoms with E-state index in [2.05, 4.69) is 16.1 Å². The van der Waals surface area contributed by atoms with Crippen molar-refractivity contribution >= 4 is 5.91 Å². The normalized spacial score (nSPS) is 17.4. The molecule has 22 heavy (non-hydrogen) atoms. The highest BCUT2D eigenvalue weighted by molar-refractivity contribution is 5.95. The van der Waals surface area contributed by atoms with Crippen LogP contribution in [0.5, 0.6) is 5.75 Å². The van der Waals surface area contributed by atoms with Gasteiger partial charge in [-0.25, -0.2) is 0 Å². The second kappa shape index (κ2) is 6.23. The third-order valence-corrected chi connectivity index (χ3v) is 3.26. The van der Waals surface area contributed by atoms with Crippen LogP contribution in [0, 0.1) is 11.3 Å². The number of nitrogens with one attached hydrogen (secondary N) is 1. The van der Waals surface area contributed by atoms with Crippen molar-refractivity contribution in [1.82, 2.24) is 5.32 Å². The quantitative estimate of drug-likeness (QED) is 0.930. The van der Waals surface area contributed by atoms with E-state index in [0.29, 0.717) is 26.1 Å². The third-order valence-electron chi connectivity index (χ3n) is 3.26. The molecular formula is C14H13F3N2O3. The predicted molar refractivity (Wildman–Crippen MR) is 69.0 cm³/mol. The molecule has 0 radical (unpaired) electrons. The number of carbonyl (C=O) groups is 1. The number of nitriles is 1. The van der Waals surface area contributed by atoms with Crippen LogP contribution in [0.15, 0.2) is 24.3 Å². The van der Waals surface area contributed by atoms with Crippen LogP contribution < -0.4 is 10.1 Å². The third kappa shape index (κ3) is 4.11. The highest BCUT2D eigenvalue weighted by atomic mass is 19.4. The molecule has 1 aliphatic rings. The zero-order chi connectivity index (χ0) is 16.2. The summed E-state index contributed by atoms with van der Waals surface area (Å²) in [5.74, 6) is -0.938. The van der Waals surface area contributed by atoms with E-state index in [1.807, 2.05) is 0 Å². The van der Waals surface area contributed by atoms with Gasteiger partial charge in [-0.3, -0.25) is 4.79 Å². The fraction of sp³-hybridized carbons (Fsp3) is 0.429. The van der Waals surface area contributed by atoms with E-state index in [9.17, 15) is 23.2 Å². The molecule has 0 aromatic heterocycles. The number of benzene rings is 1. The minimum atomic E-state index is -4.78. The van der Waals surface area contributed by atoms with Crippen molar-refractivity contribution < 1.29 is 27.4 Å². The van der Waals surface area contributed by atoms with Crippen molar-refractivity contribution in [2.24, 2.45) is 0 Å². The summed E-state index contributed by atoms with van der Waals surface area (Å²) < 4.78 is 45.0. The van der Waals surface area contributed by atoms with Gasteiger partial charge in [0.05, 0.1) is 6.07 Å². The number of hydrogen-bond acceptors (Lipinski definition) is 4. The molecule has 1 saturated heterocycles. The van der Waals surface area contributed by atoms with Gasteiger partial charge >= 0.3 is 6.36 Å². The second-order valence-corrected chi connectivity index (χ2v) is 4.83. The van der Waals surface area contributed by atoms with Gasteiger partial charge in [0.2, 0.25) is 0 Å². The lowest BCUT2D eigenvalue weighted by Crippen LogP contribution is -2.50. The lowest BCUT2D eigenvalue weighted by atomic mass is 9.91. The van der Waals surface area contributed by atoms with E-state index >= 15 is 0 Å². The summed E-state index contributed by atoms with van der Waals surface area (Å²) in [5, 5.41) is 11.9. The molecule has 0 bridgehead atoms. The smallest absolute Gasteiger partial charge is 0.406 e. The van der Waals surface area contributed by atoms with Gasteiger partial charge in [-0.15, -0.1) is 13.2 Å². The summed E-state index contributed by atoms with van der Waals surface area (Å²) in [6.45, 7) is 0.735. The van der Waals surface area contributed by atoms with Crippen molar-refractivity contribution in [1.29, 1.82) is 5.26 Å². The van der Waals surface area contributed by atoms with Crippen molar-refractivity contribution in [2.45, 2.75) is 24.7 Å². The predicted octanol–water partition coefficient (Wildman–Crippen LogP) is 2.39. The minimum absolute atomic E-state index is 0.149. The number of amides is 1. The van der Waals surface area contributed by atoms with E-state index in [-0.39, 0.29) is 5.56 Å². The first kappa shape index (κ1) is 16.1. The maximum absolute atomic E-state index is 12.1. The lowest BCUT2D eigenvalue weighted by Gasteiger charge is -2.31. The van der Waals surface area contributed by atoms with Crippen molar-refractivity contribution in [3.63, 3.8) is 0 Å². The number of rotatable bonds is 3. The molecule has 0 unspecified atom stereocenters. The molecule has 0 aliphatic carbocycles. The van der Waals surface area contributed by atoms with Gasteiger partial charge in [-0.1, -0.05) is 0 Å². The summed E-state index contributed by atoms with van der Waals surface area (Å²) in [7, 11) is 0. The van der Waals surface area contributed by atoms with E-state index in [4.69, 9.17) is 4.74 Å². The average molecular weight is 314 g/mol. The van der Waals surface area contributed by atoms with Crippen LogP contribution in [0.4, 0.5) is 13.2 Å². The molecule has 0 atom stereocenters. The molecule has 8 heteroatoms. The first-order valence-electron chi connectivity index (χ1n) is 6.51. The molecule has 1 fully saturated rings. The lowest BCUT2D eigenvalue weighted by molar-refractivity contribution is -0.274. The number of alkyl halides is 3. The molecule has 1 N–H and O–H groups in total. The Balaban J connectivity index is 2.05. The van der Waals surface area contributed by atoms with E-state index in [0.717, 1.165) is 12.1 Å². The van der Waals surface area contributed by atoms with Crippen LogP contribution in [-0.4, -0.2) is 31.0 Å². The molecule has 1 amide bonds. The van der Waals surface area contributed by atoms with Crippen LogP contribution in [0.3, 0.4) is 0 Å². The van der Waals surface area contributed by atoms with Gasteiger partial charge < -0.3 is 14.8 Å². The number of ether oxygens (including phenoxy) is 2. The number of nitrogens with zero attached hydrogens (tertiary/aromatic N) is 1. The topological polar surface area (TPSA) is 71.4 Å². The summed E-state index contributed by atoms with van der Waals surface area (Å²) >= 11 is 0. The number of halogens is 3. The molecule has 0 saturated carbocycles. The summed E-state index contributed by atoms with van der Waals surface area (Å²) in [6.07, 6.45) is -4.05. The number of carbonyl (C=O) groups excluding carboxylic acids is 1. The standard InChI is InChI=1S/C14H13F3N2O3/c15-14(16,17)22-11-3-1-10(2-4-11)12(20)19-13(9-18)5-7-21-8-6-13/h1-4H,5-8H2,(H,19,20). The molecule has 5 nitrogen and oxygen atoms in total. The molecule has 1 aromatic rings. The zero-order valence-electron chi connectivity index (χ0n) is 11.4. The van der Waals surface area contributed by atoms with Crippen molar-refractivity contribution in [3.05, 3.63) is 29.8 Å². The largest absolute Gasteiger partial charge is 0.573 e. The maximum Gasteiger partial charge on any atom is 0.573 e. The highest BCUT2D eigenvalue weighted by Gasteiger charge is 2.34. The van der Waals surface area contributed by atoms with Crippen LogP contribution in [0.25, 0.3) is 0 Å². The molecule has 118 valence electrons. The Bertz CT molecular complexity index is 572. The van der Waals surface area contributed by atoms with Gasteiger partial charge in [-0.2, -0.15) is 5.26 Å². The van der Waals surface area contributed by atoms with Gasteiger partial charge in [0.25, 0.3) is 5.91 Å². The number of hydrogen-bond donors (Lipinski definition) is 1. The Labute approximate surface area is 124 Å². The minimum Gasteiger partial charge on any atom is -0.406 e. The Morgan fingerprint density at radius 3 is 2.36 bits per heavy atom. The summed E-state index contributed by atoms with van der Waals surface area (Å²) in [5.41, 5.74) is -0.855. The SMILES string of the molecule is N#CC1(NC(=O)c2ccc(OC(F)(F)F)cc2)CCOCC1. The molecule has 0 spiro atoms. The monoisotopic (exact) mass is 314 g/mol.